The second-order valence-electron chi connectivity index (χ2n) is 8.31. The van der Waals surface area contributed by atoms with Crippen LogP contribution < -0.4 is 0 Å². The van der Waals surface area contributed by atoms with Gasteiger partial charge in [0.25, 0.3) is 0 Å². The summed E-state index contributed by atoms with van der Waals surface area (Å²) >= 11 is 0. The largest absolute Gasteiger partial charge is 0.479 e. The maximum absolute atomic E-state index is 13.1. The number of rotatable bonds is 3. The highest BCUT2D eigenvalue weighted by atomic mass is 16.7. The smallest absolute Gasteiger partial charge is 0.318 e. The predicted octanol–water partition coefficient (Wildman–Crippen LogP) is 1.81. The number of esters is 1. The minimum atomic E-state index is -1.30. The first-order valence-electron chi connectivity index (χ1n) is 9.51. The molecular weight excluding hydrogens is 364 g/mol. The van der Waals surface area contributed by atoms with Crippen LogP contribution in [0.15, 0.2) is 35.1 Å². The number of fused-ring (bicyclic) bond motifs is 2. The van der Waals surface area contributed by atoms with E-state index in [4.69, 9.17) is 18.9 Å². The van der Waals surface area contributed by atoms with E-state index < -0.39 is 40.9 Å². The van der Waals surface area contributed by atoms with Gasteiger partial charge in [0.2, 0.25) is 11.6 Å². The van der Waals surface area contributed by atoms with Crippen molar-refractivity contribution >= 4 is 11.8 Å². The van der Waals surface area contributed by atoms with Crippen LogP contribution in [0.1, 0.15) is 34.1 Å². The molecule has 152 valence electrons. The number of ketones is 1. The first kappa shape index (κ1) is 19.4. The second kappa shape index (κ2) is 6.02. The van der Waals surface area contributed by atoms with Gasteiger partial charge in [0.15, 0.2) is 5.60 Å². The van der Waals surface area contributed by atoms with Crippen molar-refractivity contribution in [1.82, 2.24) is 0 Å². The van der Waals surface area contributed by atoms with Gasteiger partial charge in [-0.25, -0.2) is 0 Å². The molecule has 1 N–H and O–H groups in total. The fraction of sp³-hybridized carbons (Fsp3) is 0.619. The predicted molar refractivity (Wildman–Crippen MR) is 97.9 cm³/mol. The molecule has 4 rings (SSSR count). The van der Waals surface area contributed by atoms with Crippen molar-refractivity contribution < 1.29 is 33.6 Å². The van der Waals surface area contributed by atoms with E-state index in [-0.39, 0.29) is 18.8 Å². The molecule has 2 bridgehead atoms. The Hall–Kier alpha value is -1.96. The van der Waals surface area contributed by atoms with Crippen LogP contribution in [-0.2, 0) is 28.5 Å². The average Bonchev–Trinajstić information content (AvgIpc) is 3.20. The van der Waals surface area contributed by atoms with Gasteiger partial charge in [-0.3, -0.25) is 9.59 Å². The van der Waals surface area contributed by atoms with Gasteiger partial charge < -0.3 is 24.1 Å². The summed E-state index contributed by atoms with van der Waals surface area (Å²) in [5.41, 5.74) is -1.06. The third-order valence-corrected chi connectivity index (χ3v) is 6.89. The Bertz CT molecular complexity index is 840. The quantitative estimate of drug-likeness (QED) is 0.580. The zero-order chi connectivity index (χ0) is 20.5. The fourth-order valence-corrected chi connectivity index (χ4v) is 5.24. The highest BCUT2D eigenvalue weighted by Gasteiger charge is 2.75. The minimum absolute atomic E-state index is 0.187. The maximum atomic E-state index is 13.1. The fourth-order valence-electron chi connectivity index (χ4n) is 5.24. The van der Waals surface area contributed by atoms with Gasteiger partial charge in [0.05, 0.1) is 12.7 Å². The number of hydrogen-bond acceptors (Lipinski definition) is 7. The highest BCUT2D eigenvalue weighted by molar-refractivity contribution is 6.00. The van der Waals surface area contributed by atoms with Crippen molar-refractivity contribution in [3.8, 4) is 0 Å². The molecule has 0 radical (unpaired) electrons. The molecule has 0 spiro atoms. The van der Waals surface area contributed by atoms with Gasteiger partial charge in [0.1, 0.15) is 17.3 Å². The summed E-state index contributed by atoms with van der Waals surface area (Å²) in [5, 5.41) is 9.86. The average molecular weight is 390 g/mol. The number of methoxy groups -OCH3 is 1. The van der Waals surface area contributed by atoms with Crippen molar-refractivity contribution in [3.63, 3.8) is 0 Å². The Morgan fingerprint density at radius 1 is 1.39 bits per heavy atom. The van der Waals surface area contributed by atoms with E-state index in [1.165, 1.54) is 13.2 Å². The van der Waals surface area contributed by atoms with Crippen LogP contribution in [0.25, 0.3) is 0 Å². The van der Waals surface area contributed by atoms with Gasteiger partial charge in [0, 0.05) is 31.1 Å². The SMILES string of the molecule is C/C=C(/C)[C@@]1(OC)O[C@H]2C[C@@]3(C)OC(=CC3=O)/C(CO)=C\[C@H]3OC(=O)[C@@]1(C)[C@H]23. The molecule has 0 unspecified atom stereocenters. The Balaban J connectivity index is 1.93. The van der Waals surface area contributed by atoms with Crippen molar-refractivity contribution in [2.75, 3.05) is 13.7 Å². The number of aliphatic hydroxyl groups is 1. The number of ether oxygens (including phenoxy) is 4. The van der Waals surface area contributed by atoms with Gasteiger partial charge in [-0.2, -0.15) is 0 Å². The van der Waals surface area contributed by atoms with Gasteiger partial charge >= 0.3 is 5.97 Å². The maximum Gasteiger partial charge on any atom is 0.318 e. The van der Waals surface area contributed by atoms with E-state index in [0.717, 1.165) is 5.57 Å². The van der Waals surface area contributed by atoms with E-state index in [9.17, 15) is 14.7 Å². The number of carbonyl (C=O) groups is 2. The monoisotopic (exact) mass is 390 g/mol. The summed E-state index contributed by atoms with van der Waals surface area (Å²) in [6, 6.07) is 0. The summed E-state index contributed by atoms with van der Waals surface area (Å²) in [5.74, 6) is -1.98. The molecule has 2 saturated heterocycles. The Labute approximate surface area is 164 Å². The van der Waals surface area contributed by atoms with Crippen LogP contribution in [-0.4, -0.2) is 54.2 Å². The highest BCUT2D eigenvalue weighted by Crippen LogP contribution is 2.62. The molecule has 0 aromatic heterocycles. The van der Waals surface area contributed by atoms with Gasteiger partial charge in [-0.15, -0.1) is 0 Å². The Morgan fingerprint density at radius 3 is 2.71 bits per heavy atom. The van der Waals surface area contributed by atoms with E-state index in [1.807, 2.05) is 19.9 Å². The molecule has 0 aromatic rings. The third-order valence-electron chi connectivity index (χ3n) is 6.89. The lowest BCUT2D eigenvalue weighted by Gasteiger charge is -2.38. The summed E-state index contributed by atoms with van der Waals surface area (Å²) in [7, 11) is 1.51. The second-order valence-corrected chi connectivity index (χ2v) is 8.31. The van der Waals surface area contributed by atoms with Crippen molar-refractivity contribution in [2.45, 2.75) is 57.7 Å². The van der Waals surface area contributed by atoms with Crippen LogP contribution in [0.5, 0.6) is 0 Å². The lowest BCUT2D eigenvalue weighted by atomic mass is 9.67. The minimum Gasteiger partial charge on any atom is -0.479 e. The van der Waals surface area contributed by atoms with Crippen LogP contribution >= 0.6 is 0 Å². The van der Waals surface area contributed by atoms with E-state index >= 15 is 0 Å². The third kappa shape index (κ3) is 2.15. The Morgan fingerprint density at radius 2 is 2.11 bits per heavy atom. The summed E-state index contributed by atoms with van der Waals surface area (Å²) in [6.45, 7) is 6.89. The molecule has 0 aromatic carbocycles. The molecule has 7 heteroatoms. The van der Waals surface area contributed by atoms with Crippen molar-refractivity contribution in [1.29, 1.82) is 0 Å². The lowest BCUT2D eigenvalue weighted by Crippen LogP contribution is -2.51. The van der Waals surface area contributed by atoms with E-state index in [0.29, 0.717) is 11.3 Å². The van der Waals surface area contributed by atoms with Gasteiger partial charge in [-0.05, 0) is 39.3 Å². The summed E-state index contributed by atoms with van der Waals surface area (Å²) in [4.78, 5) is 25.8. The normalized spacial score (nSPS) is 46.6. The van der Waals surface area contributed by atoms with Crippen molar-refractivity contribution in [2.24, 2.45) is 11.3 Å². The van der Waals surface area contributed by atoms with Crippen LogP contribution in [0, 0.1) is 11.3 Å². The van der Waals surface area contributed by atoms with Crippen LogP contribution in [0.3, 0.4) is 0 Å². The molecule has 2 fully saturated rings. The molecule has 0 saturated carbocycles. The first-order chi connectivity index (χ1) is 13.2. The zero-order valence-corrected chi connectivity index (χ0v) is 16.8. The molecule has 4 heterocycles. The molecule has 7 nitrogen and oxygen atoms in total. The number of hydrogen-bond donors (Lipinski definition) is 1. The van der Waals surface area contributed by atoms with Crippen molar-refractivity contribution in [3.05, 3.63) is 35.1 Å². The molecule has 28 heavy (non-hydrogen) atoms. The summed E-state index contributed by atoms with van der Waals surface area (Å²) < 4.78 is 24.0. The van der Waals surface area contributed by atoms with E-state index in [2.05, 4.69) is 0 Å². The standard InChI is InChI=1S/C21H26O7/c1-6-11(2)21(25-5)20(4)17-14(26-18(20)24)7-12(10-22)13-8-16(23)19(3,27-13)9-15(17)28-21/h6-8,14-15,17,22H,9-10H2,1-5H3/b11-6-,12-7-/t14-,15+,17+,19-,20-,21-/m1/s1. The number of allylic oxidation sites excluding steroid dienone is 1. The van der Waals surface area contributed by atoms with Crippen LogP contribution in [0.2, 0.25) is 0 Å². The lowest BCUT2D eigenvalue weighted by molar-refractivity contribution is -0.234. The van der Waals surface area contributed by atoms with E-state index in [1.54, 1.807) is 19.9 Å². The molecule has 6 atom stereocenters. The molecule has 4 aliphatic rings. The zero-order valence-electron chi connectivity index (χ0n) is 16.8. The summed E-state index contributed by atoms with van der Waals surface area (Å²) in [6.07, 6.45) is 4.04. The number of carbonyl (C=O) groups excluding carboxylic acids is 2. The molecule has 0 amide bonds. The topological polar surface area (TPSA) is 91.3 Å². The Kier molecular flexibility index (Phi) is 4.16. The van der Waals surface area contributed by atoms with Crippen LogP contribution in [0.4, 0.5) is 0 Å². The molecular formula is C21H26O7. The first-order valence-corrected chi connectivity index (χ1v) is 9.51. The molecule has 0 aliphatic carbocycles. The molecule has 4 aliphatic heterocycles. The number of aliphatic hydroxyl groups excluding tert-OH is 1. The van der Waals surface area contributed by atoms with Gasteiger partial charge in [-0.1, -0.05) is 6.08 Å².